The molecule has 52 valence electrons. The molecule has 0 saturated carbocycles. The summed E-state index contributed by atoms with van der Waals surface area (Å²) in [6.07, 6.45) is 1.78. The second-order valence-electron chi connectivity index (χ2n) is 2.65. The van der Waals surface area contributed by atoms with Crippen molar-refractivity contribution in [2.75, 3.05) is 19.7 Å². The first-order valence-corrected chi connectivity index (χ1v) is 3.22. The number of hydrogen-bond acceptors (Lipinski definition) is 2. The van der Waals surface area contributed by atoms with Gasteiger partial charge in [-0.25, -0.2) is 0 Å². The zero-order valence-electron chi connectivity index (χ0n) is 5.81. The van der Waals surface area contributed by atoms with Gasteiger partial charge in [0.25, 0.3) is 0 Å². The van der Waals surface area contributed by atoms with Crippen LogP contribution in [0, 0.1) is 0 Å². The van der Waals surface area contributed by atoms with Gasteiger partial charge in [-0.05, 0) is 6.92 Å². The lowest BCUT2D eigenvalue weighted by molar-refractivity contribution is -0.0534. The molecule has 9 heavy (non-hydrogen) atoms. The minimum Gasteiger partial charge on any atom is -0.369 e. The SMILES string of the molecule is C=CCOC1(C)CNC1. The Hall–Kier alpha value is -0.340. The summed E-state index contributed by atoms with van der Waals surface area (Å²) in [5.74, 6) is 0. The van der Waals surface area contributed by atoms with Crippen LogP contribution < -0.4 is 5.32 Å². The van der Waals surface area contributed by atoms with Crippen LogP contribution in [0.4, 0.5) is 0 Å². The maximum absolute atomic E-state index is 5.43. The molecule has 0 unspecified atom stereocenters. The highest BCUT2D eigenvalue weighted by atomic mass is 16.5. The molecule has 1 aliphatic heterocycles. The Morgan fingerprint density at radius 3 is 2.78 bits per heavy atom. The highest BCUT2D eigenvalue weighted by Gasteiger charge is 2.31. The summed E-state index contributed by atoms with van der Waals surface area (Å²) in [6, 6.07) is 0. The van der Waals surface area contributed by atoms with Gasteiger partial charge in [-0.1, -0.05) is 6.08 Å². The first-order valence-electron chi connectivity index (χ1n) is 3.22. The van der Waals surface area contributed by atoms with Crippen LogP contribution in [0.1, 0.15) is 6.92 Å². The highest BCUT2D eigenvalue weighted by molar-refractivity contribution is 4.90. The molecule has 1 N–H and O–H groups in total. The van der Waals surface area contributed by atoms with E-state index in [0.29, 0.717) is 6.61 Å². The second kappa shape index (κ2) is 2.50. The largest absolute Gasteiger partial charge is 0.369 e. The first-order chi connectivity index (χ1) is 4.27. The molecule has 1 aliphatic rings. The Morgan fingerprint density at radius 1 is 1.78 bits per heavy atom. The Morgan fingerprint density at radius 2 is 2.44 bits per heavy atom. The van der Waals surface area contributed by atoms with Crippen molar-refractivity contribution in [1.82, 2.24) is 5.32 Å². The average Bonchev–Trinajstić information content (AvgIpc) is 1.79. The summed E-state index contributed by atoms with van der Waals surface area (Å²) in [7, 11) is 0. The van der Waals surface area contributed by atoms with Gasteiger partial charge in [0, 0.05) is 13.1 Å². The molecule has 2 heteroatoms. The van der Waals surface area contributed by atoms with Crippen molar-refractivity contribution in [3.63, 3.8) is 0 Å². The van der Waals surface area contributed by atoms with E-state index in [1.54, 1.807) is 6.08 Å². The number of nitrogens with one attached hydrogen (secondary N) is 1. The van der Waals surface area contributed by atoms with Crippen LogP contribution in [0.5, 0.6) is 0 Å². The Kier molecular flexibility index (Phi) is 1.88. The molecule has 0 amide bonds. The van der Waals surface area contributed by atoms with Gasteiger partial charge in [-0.15, -0.1) is 6.58 Å². The number of rotatable bonds is 3. The topological polar surface area (TPSA) is 21.3 Å². The second-order valence-corrected chi connectivity index (χ2v) is 2.65. The van der Waals surface area contributed by atoms with Gasteiger partial charge >= 0.3 is 0 Å². The normalized spacial score (nSPS) is 22.8. The zero-order valence-corrected chi connectivity index (χ0v) is 5.81. The summed E-state index contributed by atoms with van der Waals surface area (Å²) < 4.78 is 5.43. The third-order valence-corrected chi connectivity index (χ3v) is 1.55. The lowest BCUT2D eigenvalue weighted by Crippen LogP contribution is -2.58. The fourth-order valence-corrected chi connectivity index (χ4v) is 0.839. The van der Waals surface area contributed by atoms with Crippen LogP contribution in [-0.2, 0) is 4.74 Å². The summed E-state index contributed by atoms with van der Waals surface area (Å²) in [4.78, 5) is 0. The maximum Gasteiger partial charge on any atom is 0.0906 e. The summed E-state index contributed by atoms with van der Waals surface area (Å²) in [6.45, 7) is 8.29. The predicted octanol–water partition coefficient (Wildman–Crippen LogP) is 0.551. The van der Waals surface area contributed by atoms with Crippen LogP contribution in [0.3, 0.4) is 0 Å². The van der Waals surface area contributed by atoms with Gasteiger partial charge in [0.05, 0.1) is 12.2 Å². The maximum atomic E-state index is 5.43. The monoisotopic (exact) mass is 127 g/mol. The molecule has 0 radical (unpaired) electrons. The van der Waals surface area contributed by atoms with Crippen molar-refractivity contribution in [3.05, 3.63) is 12.7 Å². The standard InChI is InChI=1S/C7H13NO/c1-3-4-9-7(2)5-8-6-7/h3,8H,1,4-6H2,2H3. The van der Waals surface area contributed by atoms with Crippen LogP contribution in [-0.4, -0.2) is 25.3 Å². The van der Waals surface area contributed by atoms with Crippen molar-refractivity contribution >= 4 is 0 Å². The van der Waals surface area contributed by atoms with Gasteiger partial charge in [0.1, 0.15) is 0 Å². The van der Waals surface area contributed by atoms with E-state index in [2.05, 4.69) is 18.8 Å². The van der Waals surface area contributed by atoms with Crippen molar-refractivity contribution < 1.29 is 4.74 Å². The summed E-state index contributed by atoms with van der Waals surface area (Å²) in [5, 5.41) is 3.15. The fourth-order valence-electron chi connectivity index (χ4n) is 0.839. The minimum absolute atomic E-state index is 0.0915. The van der Waals surface area contributed by atoms with E-state index < -0.39 is 0 Å². The van der Waals surface area contributed by atoms with Gasteiger partial charge in [0.15, 0.2) is 0 Å². The quantitative estimate of drug-likeness (QED) is 0.559. The van der Waals surface area contributed by atoms with Gasteiger partial charge in [-0.3, -0.25) is 0 Å². The first kappa shape index (κ1) is 6.78. The van der Waals surface area contributed by atoms with Gasteiger partial charge in [0.2, 0.25) is 0 Å². The molecule has 1 saturated heterocycles. The van der Waals surface area contributed by atoms with E-state index >= 15 is 0 Å². The Balaban J connectivity index is 2.16. The smallest absolute Gasteiger partial charge is 0.0906 e. The van der Waals surface area contributed by atoms with Gasteiger partial charge < -0.3 is 10.1 Å². The molecular weight excluding hydrogens is 114 g/mol. The van der Waals surface area contributed by atoms with Crippen molar-refractivity contribution in [3.8, 4) is 0 Å². The summed E-state index contributed by atoms with van der Waals surface area (Å²) in [5.41, 5.74) is 0.0915. The number of ether oxygens (including phenoxy) is 1. The molecule has 0 aromatic heterocycles. The molecule has 0 aromatic carbocycles. The van der Waals surface area contributed by atoms with Crippen molar-refractivity contribution in [1.29, 1.82) is 0 Å². The lowest BCUT2D eigenvalue weighted by Gasteiger charge is -2.38. The Labute approximate surface area is 55.9 Å². The predicted molar refractivity (Wildman–Crippen MR) is 37.4 cm³/mol. The Bertz CT molecular complexity index is 107. The highest BCUT2D eigenvalue weighted by Crippen LogP contribution is 2.14. The molecular formula is C7H13NO. The molecule has 2 nitrogen and oxygen atoms in total. The molecule has 0 aliphatic carbocycles. The fraction of sp³-hybridized carbons (Fsp3) is 0.714. The van der Waals surface area contributed by atoms with E-state index in [9.17, 15) is 0 Å². The molecule has 0 atom stereocenters. The minimum atomic E-state index is 0.0915. The third kappa shape index (κ3) is 1.53. The third-order valence-electron chi connectivity index (χ3n) is 1.55. The molecule has 0 bridgehead atoms. The summed E-state index contributed by atoms with van der Waals surface area (Å²) >= 11 is 0. The van der Waals surface area contributed by atoms with Crippen molar-refractivity contribution in [2.45, 2.75) is 12.5 Å². The lowest BCUT2D eigenvalue weighted by atomic mass is 10.0. The van der Waals surface area contributed by atoms with Crippen LogP contribution in [0.2, 0.25) is 0 Å². The molecule has 1 heterocycles. The van der Waals surface area contributed by atoms with E-state index in [1.165, 1.54) is 0 Å². The van der Waals surface area contributed by atoms with E-state index in [-0.39, 0.29) is 5.60 Å². The zero-order chi connectivity index (χ0) is 6.74. The van der Waals surface area contributed by atoms with E-state index in [0.717, 1.165) is 13.1 Å². The molecule has 1 rings (SSSR count). The number of hydrogen-bond donors (Lipinski definition) is 1. The van der Waals surface area contributed by atoms with Gasteiger partial charge in [-0.2, -0.15) is 0 Å². The molecule has 1 fully saturated rings. The van der Waals surface area contributed by atoms with Crippen LogP contribution >= 0.6 is 0 Å². The van der Waals surface area contributed by atoms with E-state index in [1.807, 2.05) is 0 Å². The van der Waals surface area contributed by atoms with Crippen LogP contribution in [0.15, 0.2) is 12.7 Å². The van der Waals surface area contributed by atoms with E-state index in [4.69, 9.17) is 4.74 Å². The van der Waals surface area contributed by atoms with Crippen LogP contribution in [0.25, 0.3) is 0 Å². The molecule has 0 aromatic rings. The average molecular weight is 127 g/mol. The van der Waals surface area contributed by atoms with Crippen molar-refractivity contribution in [2.24, 2.45) is 0 Å². The molecule has 0 spiro atoms.